The van der Waals surface area contributed by atoms with E-state index in [2.05, 4.69) is 0 Å². The Morgan fingerprint density at radius 1 is 1.36 bits per heavy atom. The largest absolute Gasteiger partial charge is 0.380 e. The van der Waals surface area contributed by atoms with Crippen molar-refractivity contribution in [3.8, 4) is 0 Å². The first kappa shape index (κ1) is 11.4. The van der Waals surface area contributed by atoms with Gasteiger partial charge in [0, 0.05) is 23.6 Å². The summed E-state index contributed by atoms with van der Waals surface area (Å²) in [5, 5.41) is 0.446. The number of halogens is 2. The summed E-state index contributed by atoms with van der Waals surface area (Å²) < 4.78 is 18.3. The molecule has 78 valence electrons. The number of ether oxygens (including phenoxy) is 1. The van der Waals surface area contributed by atoms with Gasteiger partial charge in [0.25, 0.3) is 0 Å². The van der Waals surface area contributed by atoms with E-state index >= 15 is 0 Å². The standard InChI is InChI=1S/C10H13ClFNO/c11-9-2-1-3-10(12)8(9)4-6-14-7-5-13/h1-3H,4-7,13H2. The molecule has 1 rings (SSSR count). The molecule has 0 saturated carbocycles. The summed E-state index contributed by atoms with van der Waals surface area (Å²) in [4.78, 5) is 0. The lowest BCUT2D eigenvalue weighted by Gasteiger charge is -2.05. The number of rotatable bonds is 5. The summed E-state index contributed by atoms with van der Waals surface area (Å²) in [6.45, 7) is 1.41. The predicted octanol–water partition coefficient (Wildman–Crippen LogP) is 2.00. The number of benzene rings is 1. The van der Waals surface area contributed by atoms with Crippen LogP contribution in [-0.2, 0) is 11.2 Å². The van der Waals surface area contributed by atoms with E-state index in [-0.39, 0.29) is 5.82 Å². The van der Waals surface area contributed by atoms with E-state index in [9.17, 15) is 4.39 Å². The molecule has 0 amide bonds. The molecule has 0 radical (unpaired) electrons. The molecule has 14 heavy (non-hydrogen) atoms. The Bertz CT molecular complexity index is 273. The fraction of sp³-hybridized carbons (Fsp3) is 0.400. The lowest BCUT2D eigenvalue weighted by molar-refractivity contribution is 0.144. The minimum atomic E-state index is -0.283. The molecule has 2 N–H and O–H groups in total. The SMILES string of the molecule is NCCOCCc1c(F)cccc1Cl. The highest BCUT2D eigenvalue weighted by Crippen LogP contribution is 2.19. The lowest BCUT2D eigenvalue weighted by atomic mass is 10.1. The van der Waals surface area contributed by atoms with Gasteiger partial charge in [0.1, 0.15) is 5.82 Å². The fourth-order valence-electron chi connectivity index (χ4n) is 1.13. The smallest absolute Gasteiger partial charge is 0.127 e. The first-order chi connectivity index (χ1) is 6.75. The van der Waals surface area contributed by atoms with Crippen LogP contribution in [0.1, 0.15) is 5.56 Å². The van der Waals surface area contributed by atoms with Gasteiger partial charge in [0.2, 0.25) is 0 Å². The lowest BCUT2D eigenvalue weighted by Crippen LogP contribution is -2.10. The second kappa shape index (κ2) is 5.96. The van der Waals surface area contributed by atoms with Crippen molar-refractivity contribution in [1.82, 2.24) is 0 Å². The fourth-order valence-corrected chi connectivity index (χ4v) is 1.39. The zero-order valence-corrected chi connectivity index (χ0v) is 8.56. The van der Waals surface area contributed by atoms with Crippen LogP contribution in [0.2, 0.25) is 5.02 Å². The van der Waals surface area contributed by atoms with E-state index < -0.39 is 0 Å². The van der Waals surface area contributed by atoms with Crippen molar-refractivity contribution in [1.29, 1.82) is 0 Å². The topological polar surface area (TPSA) is 35.2 Å². The average Bonchev–Trinajstić information content (AvgIpc) is 2.16. The number of hydrogen-bond donors (Lipinski definition) is 1. The van der Waals surface area contributed by atoms with Crippen LogP contribution in [0.3, 0.4) is 0 Å². The van der Waals surface area contributed by atoms with Crippen molar-refractivity contribution in [2.24, 2.45) is 5.73 Å². The summed E-state index contributed by atoms with van der Waals surface area (Å²) in [6.07, 6.45) is 0.478. The molecule has 1 aromatic rings. The molecule has 0 atom stereocenters. The molecule has 0 spiro atoms. The van der Waals surface area contributed by atoms with Crippen molar-refractivity contribution in [3.63, 3.8) is 0 Å². The quantitative estimate of drug-likeness (QED) is 0.766. The molecule has 2 nitrogen and oxygen atoms in total. The second-order valence-corrected chi connectivity index (χ2v) is 3.26. The van der Waals surface area contributed by atoms with Gasteiger partial charge in [-0.3, -0.25) is 0 Å². The summed E-state index contributed by atoms with van der Waals surface area (Å²) in [5.41, 5.74) is 5.75. The van der Waals surface area contributed by atoms with Crippen LogP contribution >= 0.6 is 11.6 Å². The maximum absolute atomic E-state index is 13.2. The first-order valence-corrected chi connectivity index (χ1v) is 4.84. The van der Waals surface area contributed by atoms with Gasteiger partial charge in [-0.2, -0.15) is 0 Å². The third-order valence-electron chi connectivity index (χ3n) is 1.82. The van der Waals surface area contributed by atoms with Crippen LogP contribution in [0.15, 0.2) is 18.2 Å². The monoisotopic (exact) mass is 217 g/mol. The third-order valence-corrected chi connectivity index (χ3v) is 2.17. The minimum absolute atomic E-state index is 0.283. The highest BCUT2D eigenvalue weighted by molar-refractivity contribution is 6.31. The maximum atomic E-state index is 13.2. The molecule has 0 unspecified atom stereocenters. The van der Waals surface area contributed by atoms with Crippen LogP contribution in [0, 0.1) is 5.82 Å². The van der Waals surface area contributed by atoms with E-state index in [1.165, 1.54) is 6.07 Å². The molecule has 0 aromatic heterocycles. The van der Waals surface area contributed by atoms with E-state index in [1.54, 1.807) is 12.1 Å². The maximum Gasteiger partial charge on any atom is 0.127 e. The van der Waals surface area contributed by atoms with Crippen molar-refractivity contribution in [2.75, 3.05) is 19.8 Å². The molecule has 0 saturated heterocycles. The molecule has 0 heterocycles. The summed E-state index contributed by atoms with van der Waals surface area (Å²) in [5.74, 6) is -0.283. The first-order valence-electron chi connectivity index (χ1n) is 4.46. The highest BCUT2D eigenvalue weighted by atomic mass is 35.5. The molecular weight excluding hydrogens is 205 g/mol. The Balaban J connectivity index is 2.49. The van der Waals surface area contributed by atoms with Crippen LogP contribution in [0.5, 0.6) is 0 Å². The van der Waals surface area contributed by atoms with Crippen molar-refractivity contribution < 1.29 is 9.13 Å². The summed E-state index contributed by atoms with van der Waals surface area (Å²) >= 11 is 5.82. The molecule has 0 fully saturated rings. The van der Waals surface area contributed by atoms with Gasteiger partial charge < -0.3 is 10.5 Å². The normalized spacial score (nSPS) is 10.5. The van der Waals surface area contributed by atoms with Crippen molar-refractivity contribution >= 4 is 11.6 Å². The average molecular weight is 218 g/mol. The van der Waals surface area contributed by atoms with Crippen molar-refractivity contribution in [2.45, 2.75) is 6.42 Å². The van der Waals surface area contributed by atoms with Gasteiger partial charge in [-0.1, -0.05) is 17.7 Å². The van der Waals surface area contributed by atoms with Gasteiger partial charge in [0.05, 0.1) is 13.2 Å². The van der Waals surface area contributed by atoms with Gasteiger partial charge in [0.15, 0.2) is 0 Å². The zero-order valence-electron chi connectivity index (χ0n) is 7.80. The van der Waals surface area contributed by atoms with Gasteiger partial charge >= 0.3 is 0 Å². The Morgan fingerprint density at radius 2 is 2.14 bits per heavy atom. The molecule has 0 aliphatic heterocycles. The third kappa shape index (κ3) is 3.25. The molecule has 1 aromatic carbocycles. The number of nitrogens with two attached hydrogens (primary N) is 1. The van der Waals surface area contributed by atoms with E-state index in [0.29, 0.717) is 36.8 Å². The second-order valence-electron chi connectivity index (χ2n) is 2.85. The van der Waals surface area contributed by atoms with E-state index in [4.69, 9.17) is 22.1 Å². The highest BCUT2D eigenvalue weighted by Gasteiger charge is 2.05. The van der Waals surface area contributed by atoms with Gasteiger partial charge in [-0.05, 0) is 12.1 Å². The molecule has 0 bridgehead atoms. The Labute approximate surface area is 87.8 Å². The van der Waals surface area contributed by atoms with Crippen LogP contribution in [0.25, 0.3) is 0 Å². The van der Waals surface area contributed by atoms with Gasteiger partial charge in [-0.15, -0.1) is 0 Å². The Kier molecular flexibility index (Phi) is 4.87. The van der Waals surface area contributed by atoms with Gasteiger partial charge in [-0.25, -0.2) is 4.39 Å². The summed E-state index contributed by atoms with van der Waals surface area (Å²) in [6, 6.07) is 4.65. The van der Waals surface area contributed by atoms with Crippen LogP contribution in [0.4, 0.5) is 4.39 Å². The van der Waals surface area contributed by atoms with Crippen LogP contribution in [-0.4, -0.2) is 19.8 Å². The Morgan fingerprint density at radius 3 is 2.79 bits per heavy atom. The summed E-state index contributed by atoms with van der Waals surface area (Å²) in [7, 11) is 0. The zero-order chi connectivity index (χ0) is 10.4. The molecular formula is C10H13ClFNO. The predicted molar refractivity (Wildman–Crippen MR) is 55.0 cm³/mol. The number of hydrogen-bond acceptors (Lipinski definition) is 2. The molecule has 4 heteroatoms. The van der Waals surface area contributed by atoms with E-state index in [0.717, 1.165) is 0 Å². The minimum Gasteiger partial charge on any atom is -0.380 e. The molecule has 0 aliphatic carbocycles. The molecule has 0 aliphatic rings. The van der Waals surface area contributed by atoms with E-state index in [1.807, 2.05) is 0 Å². The van der Waals surface area contributed by atoms with Crippen LogP contribution < -0.4 is 5.73 Å². The Hall–Kier alpha value is -0.640. The van der Waals surface area contributed by atoms with Crippen molar-refractivity contribution in [3.05, 3.63) is 34.6 Å².